The van der Waals surface area contributed by atoms with Gasteiger partial charge in [0.1, 0.15) is 0 Å². The monoisotopic (exact) mass is 467 g/mol. The SMILES string of the molecule is CCN1CCCC1CN(C)C(=NC)NCC(C)N1CCOCC1C.I. The number of guanidine groups is 1. The molecule has 2 rings (SSSR count). The standard InChI is InChI=1S/C18H37N5O.HI/c1-6-22-9-7-8-17(22)13-21(5)18(19-4)20-12-15(2)23-10-11-24-14-16(23)3;/h15-17H,6-14H2,1-5H3,(H,19,20);1H. The molecular weight excluding hydrogens is 429 g/mol. The predicted molar refractivity (Wildman–Crippen MR) is 116 cm³/mol. The molecule has 2 aliphatic heterocycles. The molecule has 7 heteroatoms. The molecule has 1 N–H and O–H groups in total. The van der Waals surface area contributed by atoms with Crippen LogP contribution in [0.4, 0.5) is 0 Å². The molecule has 3 unspecified atom stereocenters. The number of nitrogens with zero attached hydrogens (tertiary/aromatic N) is 4. The first-order valence-corrected chi connectivity index (χ1v) is 9.56. The highest BCUT2D eigenvalue weighted by Crippen LogP contribution is 2.17. The van der Waals surface area contributed by atoms with Crippen molar-refractivity contribution in [3.8, 4) is 0 Å². The van der Waals surface area contributed by atoms with Crippen LogP contribution in [-0.4, -0.2) is 98.8 Å². The highest BCUT2D eigenvalue weighted by Gasteiger charge is 2.26. The summed E-state index contributed by atoms with van der Waals surface area (Å²) < 4.78 is 5.54. The van der Waals surface area contributed by atoms with Gasteiger partial charge in [0.05, 0.1) is 13.2 Å². The molecule has 0 aromatic rings. The summed E-state index contributed by atoms with van der Waals surface area (Å²) in [6.07, 6.45) is 2.63. The van der Waals surface area contributed by atoms with E-state index in [0.717, 1.165) is 45.4 Å². The molecule has 0 aromatic carbocycles. The normalized spacial score (nSPS) is 27.0. The molecule has 25 heavy (non-hydrogen) atoms. The zero-order valence-electron chi connectivity index (χ0n) is 16.7. The molecule has 0 aliphatic carbocycles. The van der Waals surface area contributed by atoms with E-state index in [0.29, 0.717) is 18.1 Å². The summed E-state index contributed by atoms with van der Waals surface area (Å²) in [6.45, 7) is 13.9. The van der Waals surface area contributed by atoms with Gasteiger partial charge in [-0.2, -0.15) is 0 Å². The molecular formula is C18H38IN5O. The van der Waals surface area contributed by atoms with Crippen molar-refractivity contribution in [3.63, 3.8) is 0 Å². The maximum atomic E-state index is 5.54. The average molecular weight is 467 g/mol. The molecule has 0 bridgehead atoms. The summed E-state index contributed by atoms with van der Waals surface area (Å²) in [5.41, 5.74) is 0. The minimum atomic E-state index is 0. The van der Waals surface area contributed by atoms with E-state index in [1.54, 1.807) is 0 Å². The van der Waals surface area contributed by atoms with Gasteiger partial charge in [-0.1, -0.05) is 6.92 Å². The van der Waals surface area contributed by atoms with Crippen LogP contribution >= 0.6 is 24.0 Å². The lowest BCUT2D eigenvalue weighted by atomic mass is 10.2. The Bertz CT molecular complexity index is 409. The lowest BCUT2D eigenvalue weighted by Crippen LogP contribution is -2.53. The van der Waals surface area contributed by atoms with E-state index in [9.17, 15) is 0 Å². The van der Waals surface area contributed by atoms with Crippen molar-refractivity contribution in [2.75, 3.05) is 60.0 Å². The summed E-state index contributed by atoms with van der Waals surface area (Å²) in [5.74, 6) is 1.01. The molecule has 2 heterocycles. The summed E-state index contributed by atoms with van der Waals surface area (Å²) in [6, 6.07) is 1.63. The van der Waals surface area contributed by atoms with Crippen molar-refractivity contribution in [3.05, 3.63) is 0 Å². The second kappa shape index (κ2) is 11.6. The van der Waals surface area contributed by atoms with Crippen LogP contribution in [0.15, 0.2) is 4.99 Å². The van der Waals surface area contributed by atoms with Crippen LogP contribution in [0.1, 0.15) is 33.6 Å². The van der Waals surface area contributed by atoms with E-state index >= 15 is 0 Å². The molecule has 6 nitrogen and oxygen atoms in total. The van der Waals surface area contributed by atoms with Gasteiger partial charge in [0.2, 0.25) is 0 Å². The van der Waals surface area contributed by atoms with Crippen LogP contribution in [0.2, 0.25) is 0 Å². The molecule has 2 aliphatic rings. The molecule has 2 saturated heterocycles. The fraction of sp³-hybridized carbons (Fsp3) is 0.944. The van der Waals surface area contributed by atoms with Gasteiger partial charge in [-0.25, -0.2) is 0 Å². The molecule has 148 valence electrons. The van der Waals surface area contributed by atoms with Crippen molar-refractivity contribution in [1.29, 1.82) is 0 Å². The van der Waals surface area contributed by atoms with E-state index in [4.69, 9.17) is 4.74 Å². The Hall–Kier alpha value is -0.120. The van der Waals surface area contributed by atoms with Crippen LogP contribution in [0.3, 0.4) is 0 Å². The largest absolute Gasteiger partial charge is 0.379 e. The third-order valence-electron chi connectivity index (χ3n) is 5.50. The van der Waals surface area contributed by atoms with Crippen LogP contribution in [0.5, 0.6) is 0 Å². The molecule has 0 aromatic heterocycles. The molecule has 0 amide bonds. The number of morpholine rings is 1. The zero-order chi connectivity index (χ0) is 17.5. The molecule has 0 saturated carbocycles. The number of ether oxygens (including phenoxy) is 1. The van der Waals surface area contributed by atoms with Crippen LogP contribution in [0.25, 0.3) is 0 Å². The first kappa shape index (κ1) is 22.9. The van der Waals surface area contributed by atoms with Crippen molar-refractivity contribution in [2.45, 2.75) is 51.7 Å². The third-order valence-corrected chi connectivity index (χ3v) is 5.50. The number of likely N-dealkylation sites (N-methyl/N-ethyl adjacent to an activating group) is 2. The zero-order valence-corrected chi connectivity index (χ0v) is 19.0. The number of halogens is 1. The first-order valence-electron chi connectivity index (χ1n) is 9.56. The van der Waals surface area contributed by atoms with Gasteiger partial charge in [0.25, 0.3) is 0 Å². The second-order valence-corrected chi connectivity index (χ2v) is 7.24. The fourth-order valence-electron chi connectivity index (χ4n) is 4.06. The molecule has 0 radical (unpaired) electrons. The number of rotatable bonds is 6. The van der Waals surface area contributed by atoms with Crippen molar-refractivity contribution < 1.29 is 4.74 Å². The van der Waals surface area contributed by atoms with Gasteiger partial charge < -0.3 is 15.0 Å². The Morgan fingerprint density at radius 1 is 1.40 bits per heavy atom. The Morgan fingerprint density at radius 2 is 2.16 bits per heavy atom. The molecule has 3 atom stereocenters. The smallest absolute Gasteiger partial charge is 0.193 e. The van der Waals surface area contributed by atoms with Gasteiger partial charge >= 0.3 is 0 Å². The van der Waals surface area contributed by atoms with E-state index < -0.39 is 0 Å². The topological polar surface area (TPSA) is 43.3 Å². The van der Waals surface area contributed by atoms with Gasteiger partial charge in [-0.05, 0) is 39.8 Å². The van der Waals surface area contributed by atoms with E-state index in [1.807, 2.05) is 7.05 Å². The van der Waals surface area contributed by atoms with Gasteiger partial charge in [0.15, 0.2) is 5.96 Å². The lowest BCUT2D eigenvalue weighted by molar-refractivity contribution is -0.0175. The Morgan fingerprint density at radius 3 is 2.80 bits per heavy atom. The maximum absolute atomic E-state index is 5.54. The number of nitrogens with one attached hydrogen (secondary N) is 1. The summed E-state index contributed by atoms with van der Waals surface area (Å²) in [7, 11) is 4.04. The van der Waals surface area contributed by atoms with Gasteiger partial charge in [0, 0.05) is 51.9 Å². The van der Waals surface area contributed by atoms with Crippen LogP contribution in [0, 0.1) is 0 Å². The minimum absolute atomic E-state index is 0. The van der Waals surface area contributed by atoms with E-state index in [1.165, 1.54) is 19.4 Å². The third kappa shape index (κ3) is 6.52. The van der Waals surface area contributed by atoms with Crippen molar-refractivity contribution in [1.82, 2.24) is 20.0 Å². The van der Waals surface area contributed by atoms with E-state index in [-0.39, 0.29) is 24.0 Å². The Labute approximate surface area is 171 Å². The molecule has 2 fully saturated rings. The lowest BCUT2D eigenvalue weighted by Gasteiger charge is -2.38. The quantitative estimate of drug-likeness (QED) is 0.366. The number of likely N-dealkylation sites (tertiary alicyclic amines) is 1. The van der Waals surface area contributed by atoms with Crippen LogP contribution < -0.4 is 5.32 Å². The number of hydrogen-bond donors (Lipinski definition) is 1. The van der Waals surface area contributed by atoms with E-state index in [2.05, 4.69) is 52.8 Å². The predicted octanol–water partition coefficient (Wildman–Crippen LogP) is 1.71. The number of aliphatic imine (C=N–C) groups is 1. The van der Waals surface area contributed by atoms with Crippen LogP contribution in [-0.2, 0) is 4.74 Å². The minimum Gasteiger partial charge on any atom is -0.379 e. The highest BCUT2D eigenvalue weighted by atomic mass is 127. The van der Waals surface area contributed by atoms with Crippen molar-refractivity contribution >= 4 is 29.9 Å². The fourth-order valence-corrected chi connectivity index (χ4v) is 4.06. The first-order chi connectivity index (χ1) is 11.6. The summed E-state index contributed by atoms with van der Waals surface area (Å²) in [5, 5.41) is 3.57. The maximum Gasteiger partial charge on any atom is 0.193 e. The molecule has 0 spiro atoms. The summed E-state index contributed by atoms with van der Waals surface area (Å²) >= 11 is 0. The van der Waals surface area contributed by atoms with Gasteiger partial charge in [-0.15, -0.1) is 24.0 Å². The Kier molecular flexibility index (Phi) is 10.6. The highest BCUT2D eigenvalue weighted by molar-refractivity contribution is 14.0. The average Bonchev–Trinajstić information content (AvgIpc) is 3.02. The van der Waals surface area contributed by atoms with Gasteiger partial charge in [-0.3, -0.25) is 14.8 Å². The Balaban J connectivity index is 0.00000312. The number of hydrogen-bond acceptors (Lipinski definition) is 4. The van der Waals surface area contributed by atoms with Crippen molar-refractivity contribution in [2.24, 2.45) is 4.99 Å². The second-order valence-electron chi connectivity index (χ2n) is 7.24. The summed E-state index contributed by atoms with van der Waals surface area (Å²) in [4.78, 5) is 11.9.